The van der Waals surface area contributed by atoms with E-state index in [2.05, 4.69) is 0 Å². The second-order valence-electron chi connectivity index (χ2n) is 4.07. The van der Waals surface area contributed by atoms with Crippen LogP contribution in [-0.2, 0) is 6.42 Å². The van der Waals surface area contributed by atoms with Gasteiger partial charge >= 0.3 is 0 Å². The Kier molecular flexibility index (Phi) is 4.28. The molecule has 0 amide bonds. The van der Waals surface area contributed by atoms with Gasteiger partial charge in [-0.1, -0.05) is 29.3 Å². The highest BCUT2D eigenvalue weighted by molar-refractivity contribution is 7.10. The van der Waals surface area contributed by atoms with E-state index in [1.807, 2.05) is 12.3 Å². The molecular weight excluding hydrogens is 294 g/mol. The van der Waals surface area contributed by atoms with Crippen LogP contribution in [0.5, 0.6) is 0 Å². The van der Waals surface area contributed by atoms with Gasteiger partial charge in [-0.15, -0.1) is 11.3 Å². The Morgan fingerprint density at radius 1 is 1.39 bits per heavy atom. The van der Waals surface area contributed by atoms with Crippen molar-refractivity contribution >= 4 is 34.5 Å². The molecule has 0 saturated carbocycles. The van der Waals surface area contributed by atoms with Crippen molar-refractivity contribution in [2.75, 3.05) is 0 Å². The van der Waals surface area contributed by atoms with E-state index >= 15 is 0 Å². The van der Waals surface area contributed by atoms with Crippen LogP contribution in [0, 0.1) is 12.7 Å². The molecule has 1 aromatic carbocycles. The van der Waals surface area contributed by atoms with Crippen molar-refractivity contribution < 1.29 is 9.50 Å². The number of aliphatic hydroxyl groups is 1. The summed E-state index contributed by atoms with van der Waals surface area (Å²) in [6.45, 7) is 1.89. The highest BCUT2D eigenvalue weighted by Gasteiger charge is 2.16. The van der Waals surface area contributed by atoms with E-state index in [0.717, 1.165) is 16.0 Å². The van der Waals surface area contributed by atoms with Gasteiger partial charge in [-0.05, 0) is 35.6 Å². The predicted molar refractivity (Wildman–Crippen MR) is 74.1 cm³/mol. The molecule has 2 rings (SSSR count). The Hall–Kier alpha value is -0.610. The Labute approximate surface area is 119 Å². The highest BCUT2D eigenvalue weighted by Crippen LogP contribution is 2.34. The summed E-state index contributed by atoms with van der Waals surface area (Å²) >= 11 is 13.2. The third kappa shape index (κ3) is 2.86. The number of aliphatic hydroxyl groups excluding tert-OH is 1. The third-order valence-electron chi connectivity index (χ3n) is 2.64. The average molecular weight is 305 g/mol. The molecule has 0 saturated heterocycles. The summed E-state index contributed by atoms with van der Waals surface area (Å²) < 4.78 is 13.0. The Bertz CT molecular complexity index is 568. The van der Waals surface area contributed by atoms with Gasteiger partial charge in [-0.25, -0.2) is 4.39 Å². The maximum absolute atomic E-state index is 13.0. The molecule has 1 unspecified atom stereocenters. The molecule has 2 aromatic rings. The monoisotopic (exact) mass is 304 g/mol. The third-order valence-corrected chi connectivity index (χ3v) is 4.75. The van der Waals surface area contributed by atoms with Crippen LogP contribution in [0.3, 0.4) is 0 Å². The summed E-state index contributed by atoms with van der Waals surface area (Å²) in [5.41, 5.74) is 1.73. The number of hydrogen-bond acceptors (Lipinski definition) is 2. The number of hydrogen-bond donors (Lipinski definition) is 1. The average Bonchev–Trinajstić information content (AvgIpc) is 2.65. The fourth-order valence-electron chi connectivity index (χ4n) is 1.66. The van der Waals surface area contributed by atoms with E-state index in [1.165, 1.54) is 23.5 Å². The summed E-state index contributed by atoms with van der Waals surface area (Å²) in [4.78, 5) is 0.731. The molecule has 1 nitrogen and oxygen atoms in total. The first kappa shape index (κ1) is 13.8. The largest absolute Gasteiger partial charge is 0.387 e. The molecule has 1 heterocycles. The molecule has 0 radical (unpaired) electrons. The first-order valence-electron chi connectivity index (χ1n) is 5.34. The lowest BCUT2D eigenvalue weighted by atomic mass is 10.1. The summed E-state index contributed by atoms with van der Waals surface area (Å²) in [6, 6.07) is 4.43. The molecule has 18 heavy (non-hydrogen) atoms. The van der Waals surface area contributed by atoms with E-state index in [0.29, 0.717) is 11.4 Å². The minimum Gasteiger partial charge on any atom is -0.387 e. The van der Waals surface area contributed by atoms with Crippen LogP contribution in [0.1, 0.15) is 22.1 Å². The van der Waals surface area contributed by atoms with E-state index in [-0.39, 0.29) is 5.02 Å². The van der Waals surface area contributed by atoms with E-state index in [9.17, 15) is 9.50 Å². The van der Waals surface area contributed by atoms with Gasteiger partial charge in [0.15, 0.2) is 0 Å². The molecule has 1 N–H and O–H groups in total. The molecule has 0 aliphatic carbocycles. The predicted octanol–water partition coefficient (Wildman–Crippen LogP) is 4.78. The standard InChI is InChI=1S/C13H11Cl2FOS/c1-7-6-18-13(12(7)15)11(17)5-8-2-3-10(16)9(14)4-8/h2-4,6,11,17H,5H2,1H3. The van der Waals surface area contributed by atoms with Crippen LogP contribution in [0.4, 0.5) is 4.39 Å². The first-order valence-corrected chi connectivity index (χ1v) is 6.98. The number of rotatable bonds is 3. The molecular formula is C13H11Cl2FOS. The maximum atomic E-state index is 13.0. The van der Waals surface area contributed by atoms with Gasteiger partial charge in [-0.2, -0.15) is 0 Å². The second kappa shape index (κ2) is 5.57. The quantitative estimate of drug-likeness (QED) is 0.865. The zero-order chi connectivity index (χ0) is 13.3. The lowest BCUT2D eigenvalue weighted by Gasteiger charge is -2.10. The maximum Gasteiger partial charge on any atom is 0.141 e. The molecule has 1 atom stereocenters. The number of aryl methyl sites for hydroxylation is 1. The van der Waals surface area contributed by atoms with Crippen molar-refractivity contribution in [2.45, 2.75) is 19.4 Å². The van der Waals surface area contributed by atoms with Crippen LogP contribution in [0.2, 0.25) is 10.0 Å². The molecule has 0 bridgehead atoms. The lowest BCUT2D eigenvalue weighted by Crippen LogP contribution is -2.00. The summed E-state index contributed by atoms with van der Waals surface area (Å²) in [7, 11) is 0. The van der Waals surface area contributed by atoms with E-state index < -0.39 is 11.9 Å². The lowest BCUT2D eigenvalue weighted by molar-refractivity contribution is 0.182. The highest BCUT2D eigenvalue weighted by atomic mass is 35.5. The minimum absolute atomic E-state index is 0.0631. The number of halogens is 3. The van der Waals surface area contributed by atoms with Crippen molar-refractivity contribution in [1.29, 1.82) is 0 Å². The Morgan fingerprint density at radius 2 is 2.11 bits per heavy atom. The van der Waals surface area contributed by atoms with Crippen molar-refractivity contribution in [3.63, 3.8) is 0 Å². The minimum atomic E-state index is -0.697. The van der Waals surface area contributed by atoms with Gasteiger partial charge in [-0.3, -0.25) is 0 Å². The molecule has 96 valence electrons. The zero-order valence-electron chi connectivity index (χ0n) is 9.58. The first-order chi connectivity index (χ1) is 8.49. The second-order valence-corrected chi connectivity index (χ2v) is 5.76. The van der Waals surface area contributed by atoms with E-state index in [1.54, 1.807) is 6.07 Å². The Morgan fingerprint density at radius 3 is 2.67 bits per heavy atom. The van der Waals surface area contributed by atoms with E-state index in [4.69, 9.17) is 23.2 Å². The molecule has 1 aromatic heterocycles. The van der Waals surface area contributed by atoms with Crippen molar-refractivity contribution in [3.8, 4) is 0 Å². The normalized spacial score (nSPS) is 12.7. The van der Waals surface area contributed by atoms with Gasteiger partial charge in [0.1, 0.15) is 5.82 Å². The van der Waals surface area contributed by atoms with Gasteiger partial charge in [0.05, 0.1) is 21.0 Å². The summed E-state index contributed by atoms with van der Waals surface area (Å²) in [5, 5.41) is 12.7. The SMILES string of the molecule is Cc1csc(C(O)Cc2ccc(F)c(Cl)c2)c1Cl. The van der Waals surface area contributed by atoms with Gasteiger partial charge in [0, 0.05) is 6.42 Å². The van der Waals surface area contributed by atoms with Crippen molar-refractivity contribution in [2.24, 2.45) is 0 Å². The van der Waals surface area contributed by atoms with Crippen LogP contribution in [0.25, 0.3) is 0 Å². The van der Waals surface area contributed by atoms with Crippen LogP contribution >= 0.6 is 34.5 Å². The van der Waals surface area contributed by atoms with Crippen molar-refractivity contribution in [1.82, 2.24) is 0 Å². The van der Waals surface area contributed by atoms with Crippen LogP contribution < -0.4 is 0 Å². The molecule has 0 fully saturated rings. The van der Waals surface area contributed by atoms with Crippen LogP contribution in [-0.4, -0.2) is 5.11 Å². The fraction of sp³-hybridized carbons (Fsp3) is 0.231. The Balaban J connectivity index is 2.18. The summed E-state index contributed by atoms with van der Waals surface area (Å²) in [5.74, 6) is -0.458. The molecule has 5 heteroatoms. The topological polar surface area (TPSA) is 20.2 Å². The number of benzene rings is 1. The zero-order valence-corrected chi connectivity index (χ0v) is 11.9. The summed E-state index contributed by atoms with van der Waals surface area (Å²) in [6.07, 6.45) is -0.336. The van der Waals surface area contributed by atoms with Gasteiger partial charge < -0.3 is 5.11 Å². The number of thiophene rings is 1. The van der Waals surface area contributed by atoms with Crippen LogP contribution in [0.15, 0.2) is 23.6 Å². The molecule has 0 aliphatic rings. The smallest absolute Gasteiger partial charge is 0.141 e. The van der Waals surface area contributed by atoms with Gasteiger partial charge in [0.25, 0.3) is 0 Å². The fourth-order valence-corrected chi connectivity index (χ4v) is 3.17. The molecule has 0 aliphatic heterocycles. The molecule has 0 spiro atoms. The van der Waals surface area contributed by atoms with Gasteiger partial charge in [0.2, 0.25) is 0 Å². The van der Waals surface area contributed by atoms with Crippen molar-refractivity contribution in [3.05, 3.63) is 55.4 Å².